The smallest absolute Gasteiger partial charge is 0.132 e. The molecule has 1 saturated heterocycles. The van der Waals surface area contributed by atoms with Crippen molar-refractivity contribution < 1.29 is 0 Å². The Kier molecular flexibility index (Phi) is 4.43. The minimum Gasteiger partial charge on any atom is -0.356 e. The lowest BCUT2D eigenvalue weighted by Gasteiger charge is -2.35. The molecule has 1 aromatic heterocycles. The number of hydrogen-bond donors (Lipinski definition) is 0. The lowest BCUT2D eigenvalue weighted by Crippen LogP contribution is -2.36. The number of anilines is 1. The fourth-order valence-electron chi connectivity index (χ4n) is 2.60. The fraction of sp³-hybridized carbons (Fsp3) is 0.643. The van der Waals surface area contributed by atoms with Crippen LogP contribution in [0, 0.1) is 11.8 Å². The van der Waals surface area contributed by atoms with Gasteiger partial charge in [-0.25, -0.2) is 4.98 Å². The van der Waals surface area contributed by atoms with Crippen molar-refractivity contribution in [2.75, 3.05) is 18.0 Å². The highest BCUT2D eigenvalue weighted by Gasteiger charge is 2.23. The maximum atomic E-state index is 4.54. The van der Waals surface area contributed by atoms with E-state index in [9.17, 15) is 0 Å². The van der Waals surface area contributed by atoms with Crippen LogP contribution >= 0.6 is 15.9 Å². The van der Waals surface area contributed by atoms with Crippen molar-refractivity contribution in [3.8, 4) is 0 Å². The molecule has 0 aliphatic carbocycles. The van der Waals surface area contributed by atoms with Crippen LogP contribution in [0.4, 0.5) is 5.82 Å². The van der Waals surface area contributed by atoms with Gasteiger partial charge in [0.15, 0.2) is 0 Å². The first-order valence-corrected chi connectivity index (χ1v) is 7.59. The number of aromatic nitrogens is 1. The molecule has 1 aliphatic heterocycles. The topological polar surface area (TPSA) is 16.1 Å². The Balaban J connectivity index is 2.05. The second kappa shape index (κ2) is 5.85. The summed E-state index contributed by atoms with van der Waals surface area (Å²) in [6, 6.07) is 4.17. The molecule has 0 radical (unpaired) electrons. The minimum absolute atomic E-state index is 0.816. The van der Waals surface area contributed by atoms with Crippen LogP contribution in [0.25, 0.3) is 0 Å². The molecule has 0 bridgehead atoms. The van der Waals surface area contributed by atoms with Gasteiger partial charge in [0.2, 0.25) is 0 Å². The zero-order valence-electron chi connectivity index (χ0n) is 10.7. The number of hydrogen-bond acceptors (Lipinski definition) is 2. The third-order valence-corrected chi connectivity index (χ3v) is 4.40. The molecule has 0 N–H and O–H groups in total. The number of alkyl halides is 1. The van der Waals surface area contributed by atoms with Crippen molar-refractivity contribution in [2.45, 2.75) is 32.0 Å². The Labute approximate surface area is 113 Å². The summed E-state index contributed by atoms with van der Waals surface area (Å²) in [5.41, 5.74) is 1.30. The van der Waals surface area contributed by atoms with E-state index >= 15 is 0 Å². The van der Waals surface area contributed by atoms with Crippen molar-refractivity contribution in [2.24, 2.45) is 11.8 Å². The molecule has 0 spiro atoms. The van der Waals surface area contributed by atoms with E-state index in [4.69, 9.17) is 0 Å². The van der Waals surface area contributed by atoms with Gasteiger partial charge in [-0.3, -0.25) is 0 Å². The van der Waals surface area contributed by atoms with Gasteiger partial charge in [-0.15, -0.1) is 0 Å². The summed E-state index contributed by atoms with van der Waals surface area (Å²) in [4.78, 5) is 6.98. The molecule has 0 amide bonds. The van der Waals surface area contributed by atoms with Gasteiger partial charge in [0.25, 0.3) is 0 Å². The summed E-state index contributed by atoms with van der Waals surface area (Å²) in [6.07, 6.45) is 4.50. The van der Waals surface area contributed by atoms with Crippen molar-refractivity contribution in [1.82, 2.24) is 4.98 Å². The zero-order chi connectivity index (χ0) is 12.3. The van der Waals surface area contributed by atoms with E-state index in [0.29, 0.717) is 0 Å². The number of piperidine rings is 1. The Morgan fingerprint density at radius 2 is 2.12 bits per heavy atom. The van der Waals surface area contributed by atoms with E-state index in [0.717, 1.165) is 30.3 Å². The van der Waals surface area contributed by atoms with E-state index in [1.54, 1.807) is 0 Å². The fourth-order valence-corrected chi connectivity index (χ4v) is 3.03. The molecule has 1 aliphatic rings. The molecule has 1 aromatic rings. The predicted molar refractivity (Wildman–Crippen MR) is 76.6 cm³/mol. The Hall–Kier alpha value is -0.570. The summed E-state index contributed by atoms with van der Waals surface area (Å²) in [5.74, 6) is 2.88. The Bertz CT molecular complexity index is 357. The van der Waals surface area contributed by atoms with Gasteiger partial charge in [-0.2, -0.15) is 0 Å². The molecule has 17 heavy (non-hydrogen) atoms. The number of pyridine rings is 1. The van der Waals surface area contributed by atoms with Crippen molar-refractivity contribution in [3.05, 3.63) is 23.9 Å². The lowest BCUT2D eigenvalue weighted by atomic mass is 9.86. The number of halogens is 1. The lowest BCUT2D eigenvalue weighted by molar-refractivity contribution is 0.310. The van der Waals surface area contributed by atoms with Crippen LogP contribution in [0.2, 0.25) is 0 Å². The second-order valence-electron chi connectivity index (χ2n) is 5.19. The average Bonchev–Trinajstić information content (AvgIpc) is 2.39. The third kappa shape index (κ3) is 3.01. The quantitative estimate of drug-likeness (QED) is 0.788. The molecule has 3 heteroatoms. The number of rotatable bonds is 3. The highest BCUT2D eigenvalue weighted by molar-refractivity contribution is 9.08. The summed E-state index contributed by atoms with van der Waals surface area (Å²) < 4.78 is 0. The van der Waals surface area contributed by atoms with Gasteiger partial charge in [0.05, 0.1) is 0 Å². The Morgan fingerprint density at radius 1 is 1.41 bits per heavy atom. The van der Waals surface area contributed by atoms with Crippen LogP contribution in [0.15, 0.2) is 18.3 Å². The van der Waals surface area contributed by atoms with Crippen LogP contribution in [0.3, 0.4) is 0 Å². The molecule has 2 heterocycles. The number of nitrogens with zero attached hydrogens (tertiary/aromatic N) is 2. The van der Waals surface area contributed by atoms with Gasteiger partial charge in [-0.05, 0) is 30.7 Å². The maximum absolute atomic E-state index is 4.54. The van der Waals surface area contributed by atoms with Crippen LogP contribution in [0.1, 0.15) is 32.3 Å². The van der Waals surface area contributed by atoms with Crippen LogP contribution in [-0.4, -0.2) is 18.1 Å². The molecule has 0 atom stereocenters. The highest BCUT2D eigenvalue weighted by atomic mass is 79.9. The van der Waals surface area contributed by atoms with Crippen LogP contribution < -0.4 is 4.90 Å². The summed E-state index contributed by atoms with van der Waals surface area (Å²) in [5, 5.41) is 0.889. The van der Waals surface area contributed by atoms with Gasteiger partial charge in [0.1, 0.15) is 5.82 Å². The molecule has 94 valence electrons. The van der Waals surface area contributed by atoms with Gasteiger partial charge in [-0.1, -0.05) is 35.8 Å². The molecule has 1 fully saturated rings. The van der Waals surface area contributed by atoms with Crippen molar-refractivity contribution in [3.63, 3.8) is 0 Å². The monoisotopic (exact) mass is 296 g/mol. The minimum atomic E-state index is 0.816. The first-order chi connectivity index (χ1) is 8.22. The molecule has 0 saturated carbocycles. The zero-order valence-corrected chi connectivity index (χ0v) is 12.3. The summed E-state index contributed by atoms with van der Waals surface area (Å²) in [7, 11) is 0. The van der Waals surface area contributed by atoms with Gasteiger partial charge >= 0.3 is 0 Å². The standard InChI is InChI=1S/C14H21BrN2/c1-11(2)12-5-8-17(9-6-12)14-13(10-15)4-3-7-16-14/h3-4,7,11-12H,5-6,8-10H2,1-2H3. The maximum Gasteiger partial charge on any atom is 0.132 e. The molecule has 2 rings (SSSR count). The SMILES string of the molecule is CC(C)C1CCN(c2ncccc2CBr)CC1. The van der Waals surface area contributed by atoms with Crippen molar-refractivity contribution in [1.29, 1.82) is 0 Å². The first-order valence-electron chi connectivity index (χ1n) is 6.47. The van der Waals surface area contributed by atoms with Gasteiger partial charge in [0, 0.05) is 30.2 Å². The second-order valence-corrected chi connectivity index (χ2v) is 5.75. The molecule has 0 unspecified atom stereocenters. The van der Waals surface area contributed by atoms with E-state index in [2.05, 4.69) is 45.7 Å². The molecule has 0 aromatic carbocycles. The van der Waals surface area contributed by atoms with E-state index in [1.807, 2.05) is 12.3 Å². The van der Waals surface area contributed by atoms with E-state index in [-0.39, 0.29) is 0 Å². The molecular weight excluding hydrogens is 276 g/mol. The van der Waals surface area contributed by atoms with E-state index in [1.165, 1.54) is 24.2 Å². The van der Waals surface area contributed by atoms with Gasteiger partial charge < -0.3 is 4.90 Å². The largest absolute Gasteiger partial charge is 0.356 e. The highest BCUT2D eigenvalue weighted by Crippen LogP contribution is 2.28. The van der Waals surface area contributed by atoms with Crippen LogP contribution in [0.5, 0.6) is 0 Å². The summed E-state index contributed by atoms with van der Waals surface area (Å²) >= 11 is 3.54. The van der Waals surface area contributed by atoms with Crippen LogP contribution in [-0.2, 0) is 5.33 Å². The Morgan fingerprint density at radius 3 is 2.71 bits per heavy atom. The molecular formula is C14H21BrN2. The normalized spacial score (nSPS) is 17.8. The predicted octanol–water partition coefficient (Wildman–Crippen LogP) is 3.85. The molecule has 2 nitrogen and oxygen atoms in total. The third-order valence-electron chi connectivity index (χ3n) is 3.79. The first kappa shape index (κ1) is 12.9. The summed E-state index contributed by atoms with van der Waals surface area (Å²) in [6.45, 7) is 6.98. The van der Waals surface area contributed by atoms with E-state index < -0.39 is 0 Å². The van der Waals surface area contributed by atoms with Crippen molar-refractivity contribution >= 4 is 21.7 Å². The average molecular weight is 297 g/mol.